The third kappa shape index (κ3) is 8.71. The lowest BCUT2D eigenvalue weighted by atomic mass is 10.1. The molecule has 4 aromatic rings. The van der Waals surface area contributed by atoms with Crippen molar-refractivity contribution in [2.75, 3.05) is 62.2 Å². The molecule has 52 heavy (non-hydrogen) atoms. The number of piperazine rings is 1. The molecule has 2 heterocycles. The van der Waals surface area contributed by atoms with Crippen LogP contribution in [0.15, 0.2) is 71.5 Å². The highest BCUT2D eigenvalue weighted by atomic mass is 19.1. The maximum Gasteiger partial charge on any atom is 0.407 e. The number of carbonyl (C=O) groups excluding carboxylic acids is 3. The van der Waals surface area contributed by atoms with Crippen molar-refractivity contribution in [3.8, 4) is 11.5 Å². The van der Waals surface area contributed by atoms with Crippen LogP contribution in [0, 0.1) is 5.82 Å². The molecule has 1 saturated heterocycles. The average molecular weight is 718 g/mol. The van der Waals surface area contributed by atoms with Crippen molar-refractivity contribution in [1.82, 2.24) is 19.9 Å². The van der Waals surface area contributed by atoms with Crippen LogP contribution in [-0.2, 0) is 9.53 Å². The second-order valence-corrected chi connectivity index (χ2v) is 13.1. The van der Waals surface area contributed by atoms with Gasteiger partial charge in [-0.15, -0.1) is 0 Å². The van der Waals surface area contributed by atoms with E-state index >= 15 is 0 Å². The topological polar surface area (TPSA) is 148 Å². The fraction of sp³-hybridized carbons (Fsp3) is 0.378. The molecule has 15 heteroatoms. The third-order valence-electron chi connectivity index (χ3n) is 8.40. The molecule has 1 unspecified atom stereocenters. The van der Waals surface area contributed by atoms with Gasteiger partial charge in [-0.05, 0) is 76.2 Å². The Morgan fingerprint density at radius 3 is 2.31 bits per heavy atom. The van der Waals surface area contributed by atoms with Crippen LogP contribution >= 0.6 is 0 Å². The molecule has 0 bridgehead atoms. The van der Waals surface area contributed by atoms with Gasteiger partial charge in [0.1, 0.15) is 22.9 Å². The monoisotopic (exact) mass is 717 g/mol. The summed E-state index contributed by atoms with van der Waals surface area (Å²) in [6, 6.07) is 15.9. The molecular formula is C37H44FN7O7. The number of nitrogens with one attached hydrogen (secondary N) is 2. The lowest BCUT2D eigenvalue weighted by Crippen LogP contribution is -2.57. The minimum atomic E-state index is -0.876. The number of amides is 4. The second kappa shape index (κ2) is 16.0. The van der Waals surface area contributed by atoms with Gasteiger partial charge in [0.05, 0.1) is 49.9 Å². The molecule has 0 saturated carbocycles. The first-order valence-corrected chi connectivity index (χ1v) is 16.9. The minimum Gasteiger partial charge on any atom is -0.497 e. The molecule has 276 valence electrons. The van der Waals surface area contributed by atoms with Crippen LogP contribution in [0.1, 0.15) is 46.0 Å². The fourth-order valence-electron chi connectivity index (χ4n) is 5.88. The van der Waals surface area contributed by atoms with Gasteiger partial charge in [0.15, 0.2) is 5.82 Å². The summed E-state index contributed by atoms with van der Waals surface area (Å²) in [7, 11) is 2.99. The van der Waals surface area contributed by atoms with E-state index in [0.717, 1.165) is 0 Å². The molecule has 0 radical (unpaired) electrons. The number of hydrogen-bond acceptors (Lipinski definition) is 9. The number of alkyl carbamates (subject to hydrolysis) is 1. The number of halogens is 1. The van der Waals surface area contributed by atoms with Crippen LogP contribution in [0.4, 0.5) is 25.4 Å². The number of carbonyl (C=O) groups is 3. The van der Waals surface area contributed by atoms with E-state index in [-0.39, 0.29) is 30.3 Å². The summed E-state index contributed by atoms with van der Waals surface area (Å²) in [5, 5.41) is 7.64. The Morgan fingerprint density at radius 2 is 1.65 bits per heavy atom. The smallest absolute Gasteiger partial charge is 0.407 e. The average Bonchev–Trinajstić information content (AvgIpc) is 3.12. The Hall–Kier alpha value is -5.86. The highest BCUT2D eigenvalue weighted by Crippen LogP contribution is 2.37. The van der Waals surface area contributed by atoms with Gasteiger partial charge in [0.2, 0.25) is 5.91 Å². The molecule has 4 amide bonds. The number of para-hydroxylation sites is 1. The standard InChI is InChI=1S/C37H44FN7O7/c1-24(44(30-16-15-27(50-5)23-31(30)51-6)35(48)40-26-13-11-25(38)12-14-26)33-41-29-10-8-7-9-28(29)34(47)45(33)43-21-19-42(20-22-43)32(46)17-18-39-36(49)52-37(2,3)4/h7-16,23-24H,17-22H2,1-6H3,(H,39,49)(H,40,48). The zero-order chi connectivity index (χ0) is 37.6. The molecule has 3 aromatic carbocycles. The van der Waals surface area contributed by atoms with Crippen molar-refractivity contribution in [2.24, 2.45) is 0 Å². The summed E-state index contributed by atoms with van der Waals surface area (Å²) in [6.45, 7) is 8.34. The van der Waals surface area contributed by atoms with Crippen LogP contribution in [0.3, 0.4) is 0 Å². The predicted octanol–water partition coefficient (Wildman–Crippen LogP) is 5.05. The number of fused-ring (bicyclic) bond motifs is 1. The predicted molar refractivity (Wildman–Crippen MR) is 195 cm³/mol. The normalized spacial score (nSPS) is 13.7. The summed E-state index contributed by atoms with van der Waals surface area (Å²) >= 11 is 0. The second-order valence-electron chi connectivity index (χ2n) is 13.1. The summed E-state index contributed by atoms with van der Waals surface area (Å²) in [5.74, 6) is 0.480. The number of hydrogen-bond donors (Lipinski definition) is 2. The van der Waals surface area contributed by atoms with E-state index in [2.05, 4.69) is 10.6 Å². The van der Waals surface area contributed by atoms with Gasteiger partial charge in [0.25, 0.3) is 5.56 Å². The zero-order valence-electron chi connectivity index (χ0n) is 30.1. The lowest BCUT2D eigenvalue weighted by molar-refractivity contribution is -0.131. The number of urea groups is 1. The van der Waals surface area contributed by atoms with Crippen LogP contribution < -0.4 is 35.6 Å². The van der Waals surface area contributed by atoms with E-state index < -0.39 is 29.6 Å². The van der Waals surface area contributed by atoms with Crippen molar-refractivity contribution in [2.45, 2.75) is 45.8 Å². The van der Waals surface area contributed by atoms with Gasteiger partial charge in [-0.1, -0.05) is 12.1 Å². The van der Waals surface area contributed by atoms with Gasteiger partial charge in [-0.25, -0.2) is 23.6 Å². The van der Waals surface area contributed by atoms with Crippen LogP contribution in [0.25, 0.3) is 10.9 Å². The summed E-state index contributed by atoms with van der Waals surface area (Å²) in [6.07, 6.45) is -0.511. The zero-order valence-corrected chi connectivity index (χ0v) is 30.1. The van der Waals surface area contributed by atoms with Crippen LogP contribution in [0.2, 0.25) is 0 Å². The van der Waals surface area contributed by atoms with E-state index in [1.54, 1.807) is 75.1 Å². The lowest BCUT2D eigenvalue weighted by Gasteiger charge is -2.39. The maximum absolute atomic E-state index is 14.3. The van der Waals surface area contributed by atoms with Crippen molar-refractivity contribution in [3.63, 3.8) is 0 Å². The molecule has 5 rings (SSSR count). The highest BCUT2D eigenvalue weighted by molar-refractivity contribution is 6.03. The number of aromatic nitrogens is 2. The van der Waals surface area contributed by atoms with Gasteiger partial charge < -0.3 is 34.8 Å². The van der Waals surface area contributed by atoms with Crippen molar-refractivity contribution in [1.29, 1.82) is 0 Å². The van der Waals surface area contributed by atoms with Gasteiger partial charge in [-0.2, -0.15) is 0 Å². The number of rotatable bonds is 10. The van der Waals surface area contributed by atoms with Crippen molar-refractivity contribution < 1.29 is 33.0 Å². The van der Waals surface area contributed by atoms with E-state index in [0.29, 0.717) is 60.0 Å². The summed E-state index contributed by atoms with van der Waals surface area (Å²) < 4.78 is 31.5. The Labute approximate surface area is 301 Å². The number of nitrogens with zero attached hydrogens (tertiary/aromatic N) is 5. The summed E-state index contributed by atoms with van der Waals surface area (Å²) in [4.78, 5) is 61.6. The Kier molecular flexibility index (Phi) is 11.5. The number of methoxy groups -OCH3 is 2. The maximum atomic E-state index is 14.3. The summed E-state index contributed by atoms with van der Waals surface area (Å²) in [5.41, 5.74) is 0.161. The number of ether oxygens (including phenoxy) is 3. The van der Waals surface area contributed by atoms with Crippen LogP contribution in [-0.4, -0.2) is 85.1 Å². The van der Waals surface area contributed by atoms with Gasteiger partial charge >= 0.3 is 12.1 Å². The molecule has 1 aromatic heterocycles. The Balaban J connectivity index is 1.47. The number of anilines is 2. The van der Waals surface area contributed by atoms with Crippen LogP contribution in [0.5, 0.6) is 11.5 Å². The first-order chi connectivity index (χ1) is 24.8. The molecule has 0 spiro atoms. The van der Waals surface area contributed by atoms with E-state index in [1.165, 1.54) is 48.1 Å². The molecule has 2 N–H and O–H groups in total. The van der Waals surface area contributed by atoms with E-state index in [1.807, 2.05) is 5.01 Å². The quantitative estimate of drug-likeness (QED) is 0.230. The largest absolute Gasteiger partial charge is 0.497 e. The first-order valence-electron chi connectivity index (χ1n) is 16.9. The Bertz CT molecular complexity index is 1970. The SMILES string of the molecule is COc1ccc(N(C(=O)Nc2ccc(F)cc2)C(C)c2nc3ccccc3c(=O)n2N2CCN(C(=O)CCNC(=O)OC(C)(C)C)CC2)c(OC)c1. The molecule has 0 aliphatic carbocycles. The van der Waals surface area contributed by atoms with Gasteiger partial charge in [-0.3, -0.25) is 14.5 Å². The molecule has 1 aliphatic heterocycles. The fourth-order valence-corrected chi connectivity index (χ4v) is 5.88. The molecule has 14 nitrogen and oxygen atoms in total. The molecular weight excluding hydrogens is 673 g/mol. The molecule has 1 fully saturated rings. The van der Waals surface area contributed by atoms with E-state index in [9.17, 15) is 23.6 Å². The van der Waals surface area contributed by atoms with Crippen molar-refractivity contribution >= 4 is 40.3 Å². The Morgan fingerprint density at radius 1 is 0.962 bits per heavy atom. The van der Waals surface area contributed by atoms with Gasteiger partial charge in [0, 0.05) is 37.8 Å². The molecule has 1 aliphatic rings. The van der Waals surface area contributed by atoms with E-state index in [4.69, 9.17) is 19.2 Å². The molecule has 1 atom stereocenters. The first kappa shape index (κ1) is 37.4. The highest BCUT2D eigenvalue weighted by Gasteiger charge is 2.33. The third-order valence-corrected chi connectivity index (χ3v) is 8.40. The number of benzene rings is 3. The van der Waals surface area contributed by atoms with Crippen molar-refractivity contribution in [3.05, 3.63) is 88.7 Å². The minimum absolute atomic E-state index is 0.0842.